The molecule has 0 bridgehead atoms. The number of rotatable bonds is 3. The molecule has 2 rings (SSSR count). The Morgan fingerprint density at radius 1 is 1.38 bits per heavy atom. The van der Waals surface area contributed by atoms with Gasteiger partial charge in [0.2, 0.25) is 0 Å². The van der Waals surface area contributed by atoms with E-state index in [2.05, 4.69) is 50.0 Å². The molecule has 0 aliphatic carbocycles. The molecule has 2 heterocycles. The number of hydrogen-bond acceptors (Lipinski definition) is 3. The number of hydrogen-bond donors (Lipinski definition) is 1. The quantitative estimate of drug-likeness (QED) is 0.909. The van der Waals surface area contributed by atoms with Gasteiger partial charge < -0.3 is 5.32 Å². The van der Waals surface area contributed by atoms with Crippen LogP contribution in [-0.2, 0) is 0 Å². The van der Waals surface area contributed by atoms with E-state index in [1.54, 1.807) is 11.3 Å². The van der Waals surface area contributed by atoms with E-state index in [-0.39, 0.29) is 0 Å². The van der Waals surface area contributed by atoms with Crippen LogP contribution in [0.3, 0.4) is 0 Å². The summed E-state index contributed by atoms with van der Waals surface area (Å²) in [5.41, 5.74) is 2.30. The summed E-state index contributed by atoms with van der Waals surface area (Å²) in [5.74, 6) is 0.916. The highest BCUT2D eigenvalue weighted by molar-refractivity contribution is 9.10. The Morgan fingerprint density at radius 2 is 2.19 bits per heavy atom. The van der Waals surface area contributed by atoms with E-state index in [9.17, 15) is 0 Å². The third-order valence-electron chi connectivity index (χ3n) is 2.43. The molecule has 0 aliphatic heterocycles. The average Bonchev–Trinajstić information content (AvgIpc) is 2.77. The largest absolute Gasteiger partial charge is 0.364 e. The molecular formula is C12H13BrN2S. The summed E-state index contributed by atoms with van der Waals surface area (Å²) in [6, 6.07) is 6.43. The molecule has 84 valence electrons. The first kappa shape index (κ1) is 11.6. The number of nitrogens with one attached hydrogen (secondary N) is 1. The molecule has 0 saturated carbocycles. The van der Waals surface area contributed by atoms with Crippen molar-refractivity contribution in [1.82, 2.24) is 4.98 Å². The molecule has 1 atom stereocenters. The Bertz CT molecular complexity index is 468. The van der Waals surface area contributed by atoms with Gasteiger partial charge in [-0.05, 0) is 64.3 Å². The molecule has 0 spiro atoms. The highest BCUT2D eigenvalue weighted by Crippen LogP contribution is 2.22. The SMILES string of the molecule is Cc1nc(NC(C)c2ccsc2)ccc1Br. The standard InChI is InChI=1S/C12H13BrN2S/c1-8(10-5-6-16-7-10)14-12-4-3-11(13)9(2)15-12/h3-8H,1-2H3,(H,14,15). The lowest BCUT2D eigenvalue weighted by Gasteiger charge is -2.13. The summed E-state index contributed by atoms with van der Waals surface area (Å²) < 4.78 is 1.04. The fraction of sp³-hybridized carbons (Fsp3) is 0.250. The van der Waals surface area contributed by atoms with Crippen LogP contribution < -0.4 is 5.32 Å². The molecule has 0 saturated heterocycles. The maximum absolute atomic E-state index is 4.47. The van der Waals surface area contributed by atoms with Crippen molar-refractivity contribution in [2.24, 2.45) is 0 Å². The van der Waals surface area contributed by atoms with E-state index in [4.69, 9.17) is 0 Å². The van der Waals surface area contributed by atoms with E-state index in [0.29, 0.717) is 6.04 Å². The van der Waals surface area contributed by atoms with E-state index >= 15 is 0 Å². The van der Waals surface area contributed by atoms with Gasteiger partial charge in [0.05, 0.1) is 11.7 Å². The van der Waals surface area contributed by atoms with E-state index in [0.717, 1.165) is 16.0 Å². The molecule has 2 nitrogen and oxygen atoms in total. The number of aromatic nitrogens is 1. The van der Waals surface area contributed by atoms with Crippen molar-refractivity contribution < 1.29 is 0 Å². The summed E-state index contributed by atoms with van der Waals surface area (Å²) in [5, 5.41) is 7.63. The second kappa shape index (κ2) is 4.97. The van der Waals surface area contributed by atoms with Crippen LogP contribution in [0.4, 0.5) is 5.82 Å². The highest BCUT2D eigenvalue weighted by atomic mass is 79.9. The minimum Gasteiger partial charge on any atom is -0.364 e. The molecule has 0 aliphatic rings. The predicted molar refractivity (Wildman–Crippen MR) is 73.0 cm³/mol. The number of pyridine rings is 1. The molecule has 4 heteroatoms. The highest BCUT2D eigenvalue weighted by Gasteiger charge is 2.06. The van der Waals surface area contributed by atoms with Crippen molar-refractivity contribution in [3.8, 4) is 0 Å². The summed E-state index contributed by atoms with van der Waals surface area (Å²) in [6.07, 6.45) is 0. The maximum atomic E-state index is 4.47. The lowest BCUT2D eigenvalue weighted by atomic mass is 10.2. The number of anilines is 1. The van der Waals surface area contributed by atoms with Crippen LogP contribution in [0.5, 0.6) is 0 Å². The van der Waals surface area contributed by atoms with Crippen molar-refractivity contribution >= 4 is 33.1 Å². The fourth-order valence-electron chi connectivity index (χ4n) is 1.45. The molecule has 2 aromatic heterocycles. The molecular weight excluding hydrogens is 284 g/mol. The van der Waals surface area contributed by atoms with Gasteiger partial charge in [0, 0.05) is 4.47 Å². The Kier molecular flexibility index (Phi) is 3.61. The van der Waals surface area contributed by atoms with E-state index in [1.165, 1.54) is 5.56 Å². The van der Waals surface area contributed by atoms with Crippen LogP contribution in [0.15, 0.2) is 33.4 Å². The fourth-order valence-corrected chi connectivity index (χ4v) is 2.43. The number of nitrogens with zero attached hydrogens (tertiary/aromatic N) is 1. The lowest BCUT2D eigenvalue weighted by molar-refractivity contribution is 0.877. The van der Waals surface area contributed by atoms with Gasteiger partial charge in [-0.2, -0.15) is 11.3 Å². The Labute approximate surface area is 108 Å². The number of aryl methyl sites for hydroxylation is 1. The third-order valence-corrected chi connectivity index (χ3v) is 3.97. The first-order valence-corrected chi connectivity index (χ1v) is 6.82. The Hall–Kier alpha value is -0.870. The molecule has 0 aromatic carbocycles. The van der Waals surface area contributed by atoms with Gasteiger partial charge in [-0.3, -0.25) is 0 Å². The second-order valence-corrected chi connectivity index (χ2v) is 5.32. The van der Waals surface area contributed by atoms with Gasteiger partial charge in [-0.15, -0.1) is 0 Å². The lowest BCUT2D eigenvalue weighted by Crippen LogP contribution is -2.07. The first-order chi connectivity index (χ1) is 7.66. The van der Waals surface area contributed by atoms with E-state index < -0.39 is 0 Å². The van der Waals surface area contributed by atoms with Gasteiger partial charge in [-0.25, -0.2) is 4.98 Å². The van der Waals surface area contributed by atoms with Crippen LogP contribution in [0.2, 0.25) is 0 Å². The van der Waals surface area contributed by atoms with Gasteiger partial charge >= 0.3 is 0 Å². The monoisotopic (exact) mass is 296 g/mol. The van der Waals surface area contributed by atoms with Crippen molar-refractivity contribution in [3.63, 3.8) is 0 Å². The molecule has 1 N–H and O–H groups in total. The van der Waals surface area contributed by atoms with Crippen LogP contribution in [0.25, 0.3) is 0 Å². The molecule has 0 radical (unpaired) electrons. The van der Waals surface area contributed by atoms with Crippen LogP contribution in [0, 0.1) is 6.92 Å². The van der Waals surface area contributed by atoms with Crippen molar-refractivity contribution in [3.05, 3.63) is 44.7 Å². The molecule has 0 fully saturated rings. The Balaban J connectivity index is 2.12. The second-order valence-electron chi connectivity index (χ2n) is 3.69. The van der Waals surface area contributed by atoms with Crippen molar-refractivity contribution in [2.75, 3.05) is 5.32 Å². The zero-order valence-corrected chi connectivity index (χ0v) is 11.6. The zero-order valence-electron chi connectivity index (χ0n) is 9.20. The van der Waals surface area contributed by atoms with Gasteiger partial charge in [0.25, 0.3) is 0 Å². The normalized spacial score (nSPS) is 12.4. The maximum Gasteiger partial charge on any atom is 0.126 e. The predicted octanol–water partition coefficient (Wildman–Crippen LogP) is 4.39. The van der Waals surface area contributed by atoms with Gasteiger partial charge in [0.15, 0.2) is 0 Å². The summed E-state index contributed by atoms with van der Waals surface area (Å²) >= 11 is 5.16. The van der Waals surface area contributed by atoms with Crippen molar-refractivity contribution in [1.29, 1.82) is 0 Å². The summed E-state index contributed by atoms with van der Waals surface area (Å²) in [7, 11) is 0. The topological polar surface area (TPSA) is 24.9 Å². The molecule has 2 aromatic rings. The first-order valence-electron chi connectivity index (χ1n) is 5.08. The zero-order chi connectivity index (χ0) is 11.5. The number of halogens is 1. The van der Waals surface area contributed by atoms with Gasteiger partial charge in [0.1, 0.15) is 5.82 Å². The smallest absolute Gasteiger partial charge is 0.126 e. The molecule has 1 unspecified atom stereocenters. The van der Waals surface area contributed by atoms with Crippen LogP contribution in [0.1, 0.15) is 24.2 Å². The minimum atomic E-state index is 0.291. The third kappa shape index (κ3) is 2.62. The van der Waals surface area contributed by atoms with Crippen LogP contribution in [-0.4, -0.2) is 4.98 Å². The minimum absolute atomic E-state index is 0.291. The summed E-state index contributed by atoms with van der Waals surface area (Å²) in [6.45, 7) is 4.13. The molecule has 16 heavy (non-hydrogen) atoms. The van der Waals surface area contributed by atoms with E-state index in [1.807, 2.05) is 19.1 Å². The average molecular weight is 297 g/mol. The van der Waals surface area contributed by atoms with Crippen molar-refractivity contribution in [2.45, 2.75) is 19.9 Å². The Morgan fingerprint density at radius 3 is 2.81 bits per heavy atom. The number of thiophene rings is 1. The van der Waals surface area contributed by atoms with Gasteiger partial charge in [-0.1, -0.05) is 0 Å². The summed E-state index contributed by atoms with van der Waals surface area (Å²) in [4.78, 5) is 4.47. The molecule has 0 amide bonds. The van der Waals surface area contributed by atoms with Crippen LogP contribution >= 0.6 is 27.3 Å².